The summed E-state index contributed by atoms with van der Waals surface area (Å²) in [6.07, 6.45) is 0.874. The highest BCUT2D eigenvalue weighted by atomic mass is 79.9. The summed E-state index contributed by atoms with van der Waals surface area (Å²) in [4.78, 5) is 28.6. The molecule has 0 spiro atoms. The largest absolute Gasteiger partial charge is 0.478 e. The van der Waals surface area contributed by atoms with Crippen LogP contribution >= 0.6 is 15.9 Å². The molecule has 0 bridgehead atoms. The highest BCUT2D eigenvalue weighted by molar-refractivity contribution is 9.10. The van der Waals surface area contributed by atoms with Crippen LogP contribution in [0.25, 0.3) is 0 Å². The van der Waals surface area contributed by atoms with Crippen molar-refractivity contribution in [2.45, 2.75) is 19.6 Å². The fraction of sp³-hybridized carbons (Fsp3) is 0.158. The molecule has 28 heavy (non-hydrogen) atoms. The second-order valence-corrected chi connectivity index (χ2v) is 7.20. The lowest BCUT2D eigenvalue weighted by Crippen LogP contribution is -2.35. The van der Waals surface area contributed by atoms with Gasteiger partial charge in [-0.05, 0) is 36.8 Å². The summed E-state index contributed by atoms with van der Waals surface area (Å²) in [6.45, 7) is 2.15. The normalized spacial score (nSPS) is 15.4. The van der Waals surface area contributed by atoms with Gasteiger partial charge in [0.05, 0.1) is 17.8 Å². The van der Waals surface area contributed by atoms with E-state index >= 15 is 0 Å². The number of aromatic nitrogens is 3. The number of nitrogens with zero attached hydrogens (tertiary/aromatic N) is 3. The second-order valence-electron chi connectivity index (χ2n) is 6.28. The molecule has 1 aromatic heterocycles. The molecule has 2 heterocycles. The van der Waals surface area contributed by atoms with E-state index in [0.717, 1.165) is 10.0 Å². The molecule has 1 aliphatic heterocycles. The van der Waals surface area contributed by atoms with E-state index in [4.69, 9.17) is 4.74 Å². The Morgan fingerprint density at radius 3 is 2.96 bits per heavy atom. The van der Waals surface area contributed by atoms with Gasteiger partial charge in [0.15, 0.2) is 11.9 Å². The van der Waals surface area contributed by atoms with Gasteiger partial charge in [-0.3, -0.25) is 14.9 Å². The van der Waals surface area contributed by atoms with Crippen LogP contribution in [-0.4, -0.2) is 32.7 Å². The Morgan fingerprint density at radius 1 is 1.32 bits per heavy atom. The topological polar surface area (TPSA) is 98.1 Å². The van der Waals surface area contributed by atoms with E-state index in [1.165, 1.54) is 0 Å². The van der Waals surface area contributed by atoms with Crippen molar-refractivity contribution < 1.29 is 14.3 Å². The van der Waals surface area contributed by atoms with Crippen LogP contribution in [0, 0.1) is 0 Å². The van der Waals surface area contributed by atoms with E-state index < -0.39 is 12.0 Å². The summed E-state index contributed by atoms with van der Waals surface area (Å²) in [5.41, 5.74) is 1.81. The lowest BCUT2D eigenvalue weighted by Gasteiger charge is -2.24. The van der Waals surface area contributed by atoms with Crippen LogP contribution in [0.1, 0.15) is 22.8 Å². The van der Waals surface area contributed by atoms with E-state index in [1.54, 1.807) is 36.1 Å². The fourth-order valence-electron chi connectivity index (χ4n) is 2.83. The van der Waals surface area contributed by atoms with Crippen LogP contribution in [0.5, 0.6) is 5.75 Å². The summed E-state index contributed by atoms with van der Waals surface area (Å²) in [6, 6.07) is 12.8. The maximum Gasteiger partial charge on any atom is 0.265 e. The zero-order chi connectivity index (χ0) is 19.7. The molecule has 0 fully saturated rings. The minimum Gasteiger partial charge on any atom is -0.478 e. The van der Waals surface area contributed by atoms with Crippen molar-refractivity contribution >= 4 is 39.4 Å². The molecule has 0 saturated carbocycles. The van der Waals surface area contributed by atoms with E-state index in [0.29, 0.717) is 23.5 Å². The molecule has 9 heteroatoms. The molecule has 0 aliphatic carbocycles. The Kier molecular flexibility index (Phi) is 4.82. The van der Waals surface area contributed by atoms with Gasteiger partial charge in [-0.15, -0.1) is 5.10 Å². The van der Waals surface area contributed by atoms with Crippen LogP contribution < -0.4 is 15.4 Å². The summed E-state index contributed by atoms with van der Waals surface area (Å²) in [5.74, 6) is -0.149. The third-order valence-electron chi connectivity index (χ3n) is 4.18. The number of amides is 2. The van der Waals surface area contributed by atoms with Crippen molar-refractivity contribution in [2.75, 3.05) is 10.6 Å². The monoisotopic (exact) mass is 441 g/mol. The van der Waals surface area contributed by atoms with Gasteiger partial charge >= 0.3 is 0 Å². The SMILES string of the molecule is CC1Oc2c(cccc2C(=O)Nc2ncn(Cc3cccc(Br)c3)n2)NC1=O. The molecular weight excluding hydrogens is 426 g/mol. The molecule has 0 saturated heterocycles. The van der Waals surface area contributed by atoms with Crippen molar-refractivity contribution in [3.05, 3.63) is 64.4 Å². The first-order chi connectivity index (χ1) is 13.5. The number of carbonyl (C=O) groups excluding carboxylic acids is 2. The predicted octanol–water partition coefficient (Wildman–Crippen LogP) is 3.06. The number of carbonyl (C=O) groups is 2. The average Bonchev–Trinajstić information content (AvgIpc) is 3.09. The maximum atomic E-state index is 12.7. The fourth-order valence-corrected chi connectivity index (χ4v) is 3.27. The van der Waals surface area contributed by atoms with E-state index in [2.05, 4.69) is 36.6 Å². The number of fused-ring (bicyclic) bond motifs is 1. The molecular formula is C19H16BrN5O3. The van der Waals surface area contributed by atoms with E-state index in [1.807, 2.05) is 24.3 Å². The first kappa shape index (κ1) is 18.2. The van der Waals surface area contributed by atoms with Gasteiger partial charge in [0.1, 0.15) is 6.33 Å². The van der Waals surface area contributed by atoms with Crippen LogP contribution in [0.3, 0.4) is 0 Å². The number of hydrogen-bond donors (Lipinski definition) is 2. The Labute approximate surface area is 169 Å². The highest BCUT2D eigenvalue weighted by Gasteiger charge is 2.27. The number of para-hydroxylation sites is 1. The first-order valence-electron chi connectivity index (χ1n) is 8.55. The molecule has 2 amide bonds. The lowest BCUT2D eigenvalue weighted by molar-refractivity contribution is -0.122. The molecule has 142 valence electrons. The number of halogens is 1. The van der Waals surface area contributed by atoms with Crippen molar-refractivity contribution in [2.24, 2.45) is 0 Å². The number of rotatable bonds is 4. The smallest absolute Gasteiger partial charge is 0.265 e. The number of ether oxygens (including phenoxy) is 1. The Hall–Kier alpha value is -3.20. The van der Waals surface area contributed by atoms with Gasteiger partial charge in [-0.25, -0.2) is 9.67 Å². The summed E-state index contributed by atoms with van der Waals surface area (Å²) in [7, 11) is 0. The summed E-state index contributed by atoms with van der Waals surface area (Å²) >= 11 is 3.44. The molecule has 2 aromatic carbocycles. The average molecular weight is 442 g/mol. The Bertz CT molecular complexity index is 1070. The summed E-state index contributed by atoms with van der Waals surface area (Å²) in [5, 5.41) is 9.68. The van der Waals surface area contributed by atoms with Crippen LogP contribution in [0.2, 0.25) is 0 Å². The number of hydrogen-bond acceptors (Lipinski definition) is 5. The standard InChI is InChI=1S/C19H16BrN5O3/c1-11-17(26)22-15-7-3-6-14(16(15)28-11)18(27)23-19-21-10-25(24-19)9-12-4-2-5-13(20)8-12/h2-8,10-11H,9H2,1H3,(H,22,26)(H,23,24,27). The molecule has 8 nitrogen and oxygen atoms in total. The number of anilines is 2. The first-order valence-corrected chi connectivity index (χ1v) is 9.34. The molecule has 2 N–H and O–H groups in total. The molecule has 1 unspecified atom stereocenters. The quantitative estimate of drug-likeness (QED) is 0.648. The maximum absolute atomic E-state index is 12.7. The number of benzene rings is 2. The van der Waals surface area contributed by atoms with Gasteiger partial charge in [0, 0.05) is 4.47 Å². The van der Waals surface area contributed by atoms with Gasteiger partial charge in [0.2, 0.25) is 5.95 Å². The third kappa shape index (κ3) is 3.74. The minimum atomic E-state index is -0.677. The second kappa shape index (κ2) is 7.43. The number of nitrogens with one attached hydrogen (secondary N) is 2. The predicted molar refractivity (Wildman–Crippen MR) is 106 cm³/mol. The third-order valence-corrected chi connectivity index (χ3v) is 4.67. The van der Waals surface area contributed by atoms with Gasteiger partial charge in [-0.2, -0.15) is 0 Å². The van der Waals surface area contributed by atoms with Crippen LogP contribution in [-0.2, 0) is 11.3 Å². The van der Waals surface area contributed by atoms with Crippen molar-refractivity contribution in [1.29, 1.82) is 0 Å². The molecule has 3 aromatic rings. The summed E-state index contributed by atoms with van der Waals surface area (Å²) < 4.78 is 8.22. The van der Waals surface area contributed by atoms with Crippen molar-refractivity contribution in [1.82, 2.24) is 14.8 Å². The van der Waals surface area contributed by atoms with Crippen molar-refractivity contribution in [3.8, 4) is 5.75 Å². The highest BCUT2D eigenvalue weighted by Crippen LogP contribution is 2.33. The van der Waals surface area contributed by atoms with Crippen molar-refractivity contribution in [3.63, 3.8) is 0 Å². The zero-order valence-electron chi connectivity index (χ0n) is 14.8. The minimum absolute atomic E-state index is 0.186. The van der Waals surface area contributed by atoms with Gasteiger partial charge in [-0.1, -0.05) is 34.1 Å². The van der Waals surface area contributed by atoms with Crippen LogP contribution in [0.15, 0.2) is 53.3 Å². The van der Waals surface area contributed by atoms with Gasteiger partial charge < -0.3 is 10.1 Å². The zero-order valence-corrected chi connectivity index (χ0v) is 16.4. The molecule has 1 atom stereocenters. The van der Waals surface area contributed by atoms with E-state index in [-0.39, 0.29) is 11.9 Å². The van der Waals surface area contributed by atoms with E-state index in [9.17, 15) is 9.59 Å². The molecule has 4 rings (SSSR count). The Morgan fingerprint density at radius 2 is 2.14 bits per heavy atom. The lowest BCUT2D eigenvalue weighted by atomic mass is 10.1. The van der Waals surface area contributed by atoms with Gasteiger partial charge in [0.25, 0.3) is 11.8 Å². The van der Waals surface area contributed by atoms with Crippen LogP contribution in [0.4, 0.5) is 11.6 Å². The molecule has 1 aliphatic rings. The molecule has 0 radical (unpaired) electrons. The Balaban J connectivity index is 1.50.